The van der Waals surface area contributed by atoms with E-state index in [2.05, 4.69) is 0 Å². The highest BCUT2D eigenvalue weighted by Crippen LogP contribution is 2.25. The number of rotatable bonds is 5. The summed E-state index contributed by atoms with van der Waals surface area (Å²) in [5.41, 5.74) is -0.0102. The molecule has 2 N–H and O–H groups in total. The van der Waals surface area contributed by atoms with E-state index in [9.17, 15) is 4.39 Å². The van der Waals surface area contributed by atoms with Crippen molar-refractivity contribution in [2.75, 3.05) is 13.7 Å². The molecule has 0 heterocycles. The molecule has 0 aromatic heterocycles. The molecule has 6 heteroatoms. The molecule has 1 aromatic rings. The van der Waals surface area contributed by atoms with Gasteiger partial charge in [0.05, 0.1) is 13.7 Å². The Bertz CT molecular complexity index is 382. The first-order valence-corrected chi connectivity index (χ1v) is 5.32. The highest BCUT2D eigenvalue weighted by atomic mass is 19.1. The van der Waals surface area contributed by atoms with E-state index in [0.29, 0.717) is 0 Å². The van der Waals surface area contributed by atoms with Gasteiger partial charge in [0.15, 0.2) is 11.5 Å². The van der Waals surface area contributed by atoms with Crippen molar-refractivity contribution in [2.45, 2.75) is 13.8 Å². The van der Waals surface area contributed by atoms with Gasteiger partial charge in [-0.15, -0.1) is 0 Å². The molecule has 0 radical (unpaired) electrons. The molecule has 0 amide bonds. The van der Waals surface area contributed by atoms with Gasteiger partial charge in [-0.05, 0) is 12.0 Å². The van der Waals surface area contributed by atoms with Crippen LogP contribution in [0.2, 0.25) is 0 Å². The largest absolute Gasteiger partial charge is 0.494 e. The molecule has 4 nitrogen and oxygen atoms in total. The Morgan fingerprint density at radius 2 is 2.00 bits per heavy atom. The Morgan fingerprint density at radius 1 is 1.35 bits per heavy atom. The van der Waals surface area contributed by atoms with E-state index in [0.717, 1.165) is 0 Å². The maximum atomic E-state index is 13.9. The normalized spacial score (nSPS) is 10.5. The van der Waals surface area contributed by atoms with Crippen LogP contribution in [0.1, 0.15) is 13.8 Å². The molecule has 0 bridgehead atoms. The van der Waals surface area contributed by atoms with Gasteiger partial charge < -0.3 is 19.5 Å². The first-order chi connectivity index (χ1) is 7.97. The second-order valence-corrected chi connectivity index (χ2v) is 4.08. The van der Waals surface area contributed by atoms with Crippen LogP contribution in [0.5, 0.6) is 11.5 Å². The van der Waals surface area contributed by atoms with E-state index in [4.69, 9.17) is 19.5 Å². The summed E-state index contributed by atoms with van der Waals surface area (Å²) in [6.07, 6.45) is 0. The van der Waals surface area contributed by atoms with Crippen molar-refractivity contribution in [3.63, 3.8) is 0 Å². The third-order valence-electron chi connectivity index (χ3n) is 2.15. The molecule has 0 fully saturated rings. The molecule has 0 aliphatic heterocycles. The summed E-state index contributed by atoms with van der Waals surface area (Å²) >= 11 is 0. The number of benzene rings is 1. The van der Waals surface area contributed by atoms with Crippen molar-refractivity contribution in [3.05, 3.63) is 17.9 Å². The maximum absolute atomic E-state index is 13.9. The molecule has 94 valence electrons. The van der Waals surface area contributed by atoms with Crippen molar-refractivity contribution in [1.29, 1.82) is 0 Å². The van der Waals surface area contributed by atoms with Crippen molar-refractivity contribution in [1.82, 2.24) is 0 Å². The molecular weight excluding hydrogens is 226 g/mol. The number of halogens is 1. The monoisotopic (exact) mass is 242 g/mol. The number of hydrogen-bond acceptors (Lipinski definition) is 4. The third kappa shape index (κ3) is 3.34. The van der Waals surface area contributed by atoms with Gasteiger partial charge in [0.2, 0.25) is 5.82 Å². The van der Waals surface area contributed by atoms with Crippen LogP contribution >= 0.6 is 0 Å². The molecule has 17 heavy (non-hydrogen) atoms. The van der Waals surface area contributed by atoms with Crippen molar-refractivity contribution >= 4 is 12.6 Å². The summed E-state index contributed by atoms with van der Waals surface area (Å²) in [7, 11) is -0.447. The lowest BCUT2D eigenvalue weighted by molar-refractivity contribution is 0.255. The maximum Gasteiger partial charge on any atom is 0.492 e. The van der Waals surface area contributed by atoms with Crippen molar-refractivity contribution in [2.24, 2.45) is 5.92 Å². The number of ether oxygens (including phenoxy) is 2. The smallest absolute Gasteiger partial charge is 0.492 e. The van der Waals surface area contributed by atoms with Gasteiger partial charge in [-0.3, -0.25) is 0 Å². The average molecular weight is 242 g/mol. The van der Waals surface area contributed by atoms with Gasteiger partial charge in [-0.25, -0.2) is 0 Å². The van der Waals surface area contributed by atoms with Crippen LogP contribution in [-0.2, 0) is 0 Å². The predicted octanol–water partition coefficient (Wildman–Crippen LogP) is 0.549. The standard InChI is InChI=1S/C11H16BFO4/c1-7(2)6-17-11-8(12(14)15)4-5-9(16-3)10(11)13/h4-5,7,14-15H,6H2,1-3H3. The minimum absolute atomic E-state index is 0.00755. The van der Waals surface area contributed by atoms with Crippen LogP contribution < -0.4 is 14.9 Å². The molecule has 0 saturated carbocycles. The van der Waals surface area contributed by atoms with Crippen LogP contribution in [0.4, 0.5) is 4.39 Å². The fourth-order valence-corrected chi connectivity index (χ4v) is 1.31. The lowest BCUT2D eigenvalue weighted by Gasteiger charge is -2.15. The zero-order valence-corrected chi connectivity index (χ0v) is 10.1. The van der Waals surface area contributed by atoms with E-state index >= 15 is 0 Å². The third-order valence-corrected chi connectivity index (χ3v) is 2.15. The molecule has 0 atom stereocenters. The van der Waals surface area contributed by atoms with Gasteiger partial charge in [0.25, 0.3) is 0 Å². The number of methoxy groups -OCH3 is 1. The molecule has 0 unspecified atom stereocenters. The van der Waals surface area contributed by atoms with Gasteiger partial charge >= 0.3 is 7.12 Å². The Balaban J connectivity index is 3.11. The lowest BCUT2D eigenvalue weighted by Crippen LogP contribution is -2.32. The topological polar surface area (TPSA) is 58.9 Å². The summed E-state index contributed by atoms with van der Waals surface area (Å²) in [6.45, 7) is 4.10. The SMILES string of the molecule is COc1ccc(B(O)O)c(OCC(C)C)c1F. The molecule has 0 spiro atoms. The highest BCUT2D eigenvalue weighted by molar-refractivity contribution is 6.59. The minimum atomic E-state index is -1.78. The first-order valence-electron chi connectivity index (χ1n) is 5.32. The molecule has 1 rings (SSSR count). The van der Waals surface area contributed by atoms with Crippen molar-refractivity contribution < 1.29 is 23.9 Å². The molecule has 1 aromatic carbocycles. The second-order valence-electron chi connectivity index (χ2n) is 4.08. The lowest BCUT2D eigenvalue weighted by atomic mass is 9.79. The zero-order chi connectivity index (χ0) is 13.0. The summed E-state index contributed by atoms with van der Waals surface area (Å²) < 4.78 is 23.9. The van der Waals surface area contributed by atoms with E-state index in [1.54, 1.807) is 0 Å². The molecular formula is C11H16BFO4. The Hall–Kier alpha value is -1.27. The van der Waals surface area contributed by atoms with Crippen LogP contribution in [0.15, 0.2) is 12.1 Å². The van der Waals surface area contributed by atoms with E-state index in [1.807, 2.05) is 13.8 Å². The fourth-order valence-electron chi connectivity index (χ4n) is 1.31. The summed E-state index contributed by atoms with van der Waals surface area (Å²) in [4.78, 5) is 0. The van der Waals surface area contributed by atoms with Crippen LogP contribution in [0.25, 0.3) is 0 Å². The van der Waals surface area contributed by atoms with Crippen LogP contribution in [0.3, 0.4) is 0 Å². The van der Waals surface area contributed by atoms with E-state index < -0.39 is 12.9 Å². The van der Waals surface area contributed by atoms with Crippen molar-refractivity contribution in [3.8, 4) is 11.5 Å². The van der Waals surface area contributed by atoms with Gasteiger partial charge in [-0.1, -0.05) is 19.9 Å². The molecule has 0 aliphatic carbocycles. The van der Waals surface area contributed by atoms with E-state index in [-0.39, 0.29) is 29.5 Å². The van der Waals surface area contributed by atoms with E-state index in [1.165, 1.54) is 19.2 Å². The Labute approximate surface area is 100 Å². The second kappa shape index (κ2) is 5.88. The Morgan fingerprint density at radius 3 is 2.47 bits per heavy atom. The first kappa shape index (κ1) is 13.8. The quantitative estimate of drug-likeness (QED) is 0.740. The fraction of sp³-hybridized carbons (Fsp3) is 0.455. The van der Waals surface area contributed by atoms with Gasteiger partial charge in [0, 0.05) is 5.46 Å². The number of hydrogen-bond donors (Lipinski definition) is 2. The Kier molecular flexibility index (Phi) is 4.78. The minimum Gasteiger partial charge on any atom is -0.494 e. The predicted molar refractivity (Wildman–Crippen MR) is 63.1 cm³/mol. The summed E-state index contributed by atoms with van der Waals surface area (Å²) in [5, 5.41) is 18.3. The van der Waals surface area contributed by atoms with Crippen LogP contribution in [0, 0.1) is 11.7 Å². The molecule has 0 aliphatic rings. The van der Waals surface area contributed by atoms with Crippen LogP contribution in [-0.4, -0.2) is 30.9 Å². The van der Waals surface area contributed by atoms with Gasteiger partial charge in [-0.2, -0.15) is 4.39 Å². The average Bonchev–Trinajstić information content (AvgIpc) is 2.26. The molecule has 0 saturated heterocycles. The zero-order valence-electron chi connectivity index (χ0n) is 10.1. The summed E-state index contributed by atoms with van der Waals surface area (Å²) in [5.74, 6) is -0.691. The summed E-state index contributed by atoms with van der Waals surface area (Å²) in [6, 6.07) is 2.69. The van der Waals surface area contributed by atoms with Gasteiger partial charge in [0.1, 0.15) is 0 Å². The highest BCUT2D eigenvalue weighted by Gasteiger charge is 2.23.